The number of hydrogen-bond acceptors (Lipinski definition) is 11. The molecule has 1 aliphatic rings. The number of esters is 1. The first-order chi connectivity index (χ1) is 19.2. The third kappa shape index (κ3) is 8.71. The fourth-order valence-electron chi connectivity index (χ4n) is 3.74. The Kier molecular flexibility index (Phi) is 10.5. The van der Waals surface area contributed by atoms with Crippen molar-refractivity contribution in [1.82, 2.24) is 14.6 Å². The summed E-state index contributed by atoms with van der Waals surface area (Å²) in [5.41, 5.74) is 5.16. The van der Waals surface area contributed by atoms with Gasteiger partial charge in [0.15, 0.2) is 6.23 Å². The maximum absolute atomic E-state index is 12.4. The van der Waals surface area contributed by atoms with E-state index < -0.39 is 60.7 Å². The Balaban J connectivity index is 1.84. The van der Waals surface area contributed by atoms with Crippen LogP contribution in [-0.2, 0) is 30.6 Å². The Morgan fingerprint density at radius 3 is 2.61 bits per heavy atom. The Bertz CT molecular complexity index is 1420. The Labute approximate surface area is 240 Å². The number of carbonyl (C=O) groups is 1. The molecule has 1 saturated heterocycles. The van der Waals surface area contributed by atoms with Crippen molar-refractivity contribution in [2.75, 3.05) is 13.2 Å². The van der Waals surface area contributed by atoms with Gasteiger partial charge < -0.3 is 28.7 Å². The van der Waals surface area contributed by atoms with Crippen LogP contribution in [0.2, 0.25) is 0 Å². The highest BCUT2D eigenvalue weighted by Crippen LogP contribution is 2.48. The highest BCUT2D eigenvalue weighted by molar-refractivity contribution is 8.09. The fraction of sp³-hybridized carbons (Fsp3) is 0.542. The number of ether oxygens (including phenoxy) is 2. The molecule has 15 nitrogen and oxygen atoms in total. The van der Waals surface area contributed by atoms with Gasteiger partial charge >= 0.3 is 18.3 Å². The van der Waals surface area contributed by atoms with E-state index in [9.17, 15) is 30.1 Å². The summed E-state index contributed by atoms with van der Waals surface area (Å²) in [6.07, 6.45) is -4.23. The highest BCUT2D eigenvalue weighted by Gasteiger charge is 2.56. The first kappa shape index (κ1) is 32.4. The molecule has 1 aromatic carbocycles. The normalized spacial score (nSPS) is 24.6. The fourth-order valence-corrected chi connectivity index (χ4v) is 6.26. The highest BCUT2D eigenvalue weighted by atomic mass is 32.5. The van der Waals surface area contributed by atoms with Crippen molar-refractivity contribution < 1.29 is 33.5 Å². The van der Waals surface area contributed by atoms with Crippen LogP contribution in [0.1, 0.15) is 40.3 Å². The van der Waals surface area contributed by atoms with Crippen molar-refractivity contribution in [2.45, 2.75) is 64.3 Å². The molecule has 0 bridgehead atoms. The van der Waals surface area contributed by atoms with Gasteiger partial charge in [-0.25, -0.2) is 9.88 Å². The molecule has 1 aromatic heterocycles. The Morgan fingerprint density at radius 1 is 1.32 bits per heavy atom. The Morgan fingerprint density at radius 2 is 2.00 bits per heavy atom. The minimum atomic E-state index is -3.57. The summed E-state index contributed by atoms with van der Waals surface area (Å²) >= 11 is 5.71. The number of hydrogen-bond donors (Lipinski definition) is 4. The maximum atomic E-state index is 12.4. The molecule has 6 atom stereocenters. The number of nitrogens with one attached hydrogen (secondary N) is 2. The molecule has 0 spiro atoms. The molecule has 1 aliphatic heterocycles. The predicted molar refractivity (Wildman–Crippen MR) is 150 cm³/mol. The second-order valence-corrected chi connectivity index (χ2v) is 13.8. The smallest absolute Gasteiger partial charge is 0.330 e. The summed E-state index contributed by atoms with van der Waals surface area (Å²) in [7, 11) is 0. The second kappa shape index (κ2) is 13.3. The molecular formula is C24H33N6O9PS. The summed E-state index contributed by atoms with van der Waals surface area (Å²) in [6, 6.07) is 8.84. The molecule has 1 fully saturated rings. The lowest BCUT2D eigenvalue weighted by molar-refractivity contribution is -0.146. The Hall–Kier alpha value is -3.07. The third-order valence-corrected chi connectivity index (χ3v) is 8.20. The molecule has 0 amide bonds. The average Bonchev–Trinajstić information content (AvgIpc) is 3.12. The molecule has 3 rings (SSSR count). The topological polar surface area (TPSA) is 210 Å². The van der Waals surface area contributed by atoms with Gasteiger partial charge in [0, 0.05) is 23.2 Å². The van der Waals surface area contributed by atoms with Crippen LogP contribution in [-0.4, -0.2) is 62.9 Å². The van der Waals surface area contributed by atoms with Crippen molar-refractivity contribution in [2.24, 2.45) is 10.5 Å². The van der Waals surface area contributed by atoms with Crippen LogP contribution in [0.3, 0.4) is 0 Å². The van der Waals surface area contributed by atoms with Gasteiger partial charge in [-0.3, -0.25) is 19.1 Å². The number of H-pyrrole nitrogens is 1. The molecule has 2 aromatic rings. The number of rotatable bonds is 12. The van der Waals surface area contributed by atoms with E-state index in [0.29, 0.717) is 5.75 Å². The zero-order chi connectivity index (χ0) is 30.4. The van der Waals surface area contributed by atoms with E-state index in [-0.39, 0.29) is 18.4 Å². The molecule has 224 valence electrons. The number of aliphatic hydroxyl groups is 2. The minimum absolute atomic E-state index is 0.0769. The quantitative estimate of drug-likeness (QED) is 0.0896. The lowest BCUT2D eigenvalue weighted by Gasteiger charge is -2.32. The van der Waals surface area contributed by atoms with Crippen molar-refractivity contribution in [1.29, 1.82) is 0 Å². The lowest BCUT2D eigenvalue weighted by atomic mass is 9.99. The van der Waals surface area contributed by atoms with Crippen LogP contribution >= 0.6 is 6.64 Å². The van der Waals surface area contributed by atoms with Crippen molar-refractivity contribution in [3.05, 3.63) is 73.9 Å². The summed E-state index contributed by atoms with van der Waals surface area (Å²) in [5, 5.41) is 28.1. The molecule has 0 aliphatic carbocycles. The number of aliphatic hydroxyl groups excluding tert-OH is 2. The van der Waals surface area contributed by atoms with Gasteiger partial charge in [0.05, 0.1) is 19.6 Å². The van der Waals surface area contributed by atoms with E-state index in [0.717, 1.165) is 16.8 Å². The number of carbonyl (C=O) groups excluding carboxylic acids is 1. The van der Waals surface area contributed by atoms with Crippen LogP contribution in [0.15, 0.2) is 57.3 Å². The zero-order valence-electron chi connectivity index (χ0n) is 22.9. The molecular weight excluding hydrogens is 579 g/mol. The summed E-state index contributed by atoms with van der Waals surface area (Å²) in [5.74, 6) is -0.145. The first-order valence-corrected chi connectivity index (χ1v) is 15.2. The molecule has 17 heteroatoms. The van der Waals surface area contributed by atoms with E-state index in [1.807, 2.05) is 25.8 Å². The van der Waals surface area contributed by atoms with Crippen LogP contribution in [0.4, 0.5) is 0 Å². The zero-order valence-corrected chi connectivity index (χ0v) is 24.6. The lowest BCUT2D eigenvalue weighted by Crippen LogP contribution is -2.45. The van der Waals surface area contributed by atoms with E-state index in [4.69, 9.17) is 30.3 Å². The number of aromatic nitrogens is 2. The monoisotopic (exact) mass is 612 g/mol. The van der Waals surface area contributed by atoms with Crippen LogP contribution < -0.4 is 20.9 Å². The van der Waals surface area contributed by atoms with Crippen molar-refractivity contribution >= 4 is 24.4 Å². The van der Waals surface area contributed by atoms with Gasteiger partial charge in [-0.1, -0.05) is 44.1 Å². The van der Waals surface area contributed by atoms with Gasteiger partial charge in [-0.2, -0.15) is 0 Å². The number of nitrogens with zero attached hydrogens (tertiary/aromatic N) is 4. The summed E-state index contributed by atoms with van der Waals surface area (Å²) in [6.45, 7) is 3.38. The SMILES string of the molecule is CC(CC(=O)OCC(C)(C)C)NP(=S)(OC[C@@]1(N=[N+]=[N-])O[C@@H](n2ccc(=O)[nH]c2=O)[C@H](O)[C@@H]1O)Oc1ccccc1. The largest absolute Gasteiger partial charge is 0.465 e. The maximum Gasteiger partial charge on any atom is 0.330 e. The van der Waals surface area contributed by atoms with Gasteiger partial charge in [-0.15, -0.1) is 0 Å². The number of benzene rings is 1. The first-order valence-electron chi connectivity index (χ1n) is 12.5. The van der Waals surface area contributed by atoms with E-state index in [1.165, 1.54) is 0 Å². The molecule has 2 unspecified atom stereocenters. The molecule has 0 radical (unpaired) electrons. The van der Waals surface area contributed by atoms with Crippen molar-refractivity contribution in [3.8, 4) is 5.75 Å². The van der Waals surface area contributed by atoms with E-state index in [1.54, 1.807) is 37.3 Å². The molecule has 41 heavy (non-hydrogen) atoms. The minimum Gasteiger partial charge on any atom is -0.465 e. The van der Waals surface area contributed by atoms with E-state index in [2.05, 4.69) is 15.1 Å². The van der Waals surface area contributed by atoms with Gasteiger partial charge in [0.25, 0.3) is 5.56 Å². The molecule has 4 N–H and O–H groups in total. The molecule has 2 heterocycles. The van der Waals surface area contributed by atoms with Crippen LogP contribution in [0, 0.1) is 5.41 Å². The number of para-hydroxylation sites is 1. The predicted octanol–water partition coefficient (Wildman–Crippen LogP) is 2.07. The standard InChI is InChI=1S/C24H33N6O9PS/c1-15(12-18(32)36-13-23(2,3)4)27-40(41,39-16-8-6-5-7-9-16)37-14-24(28-29-25)20(34)19(33)21(38-24)30-11-10-17(31)26-22(30)35/h5-11,15,19-21,33-34H,12-14H2,1-4H3,(H,27,41)(H,26,31,35)/t15?,19-,20+,21-,24-,40?/m1/s1. The van der Waals surface area contributed by atoms with E-state index >= 15 is 0 Å². The second-order valence-electron chi connectivity index (χ2n) is 10.6. The summed E-state index contributed by atoms with van der Waals surface area (Å²) < 4.78 is 23.8. The average molecular weight is 613 g/mol. The van der Waals surface area contributed by atoms with Crippen molar-refractivity contribution in [3.63, 3.8) is 0 Å². The van der Waals surface area contributed by atoms with Crippen LogP contribution in [0.25, 0.3) is 10.4 Å². The number of azide groups is 1. The van der Waals surface area contributed by atoms with Gasteiger partial charge in [0.2, 0.25) is 5.72 Å². The number of aromatic amines is 1. The van der Waals surface area contributed by atoms with Crippen LogP contribution in [0.5, 0.6) is 5.75 Å². The summed E-state index contributed by atoms with van der Waals surface area (Å²) in [4.78, 5) is 40.9. The third-order valence-electron chi connectivity index (χ3n) is 5.67. The van der Waals surface area contributed by atoms with Gasteiger partial charge in [-0.05, 0) is 41.8 Å². The van der Waals surface area contributed by atoms with Gasteiger partial charge in [0.1, 0.15) is 18.0 Å². The molecule has 0 saturated carbocycles.